The molecule has 3 rings (SSSR count). The second kappa shape index (κ2) is 7.73. The number of hydrogen-bond acceptors (Lipinski definition) is 2. The van der Waals surface area contributed by atoms with E-state index < -0.39 is 6.04 Å². The lowest BCUT2D eigenvalue weighted by Gasteiger charge is -2.33. The fourth-order valence-corrected chi connectivity index (χ4v) is 3.44. The number of aryl methyl sites for hydroxylation is 1. The summed E-state index contributed by atoms with van der Waals surface area (Å²) in [6.45, 7) is 7.15. The largest absolute Gasteiger partial charge is 0.340 e. The maximum absolute atomic E-state index is 13.1. The molecule has 0 fully saturated rings. The number of carbonyl (C=O) groups is 2. The molecule has 0 radical (unpaired) electrons. The van der Waals surface area contributed by atoms with Gasteiger partial charge < -0.3 is 10.2 Å². The molecule has 2 amide bonds. The minimum absolute atomic E-state index is 0.00330. The van der Waals surface area contributed by atoms with Crippen LogP contribution in [-0.2, 0) is 17.8 Å². The minimum Gasteiger partial charge on any atom is -0.340 e. The summed E-state index contributed by atoms with van der Waals surface area (Å²) < 4.78 is 0. The lowest BCUT2D eigenvalue weighted by molar-refractivity contribution is -0.135. The van der Waals surface area contributed by atoms with Gasteiger partial charge in [0.25, 0.3) is 5.91 Å². The number of amides is 2. The van der Waals surface area contributed by atoms with Gasteiger partial charge in [-0.25, -0.2) is 0 Å². The molecule has 1 heterocycles. The van der Waals surface area contributed by atoms with E-state index >= 15 is 0 Å². The summed E-state index contributed by atoms with van der Waals surface area (Å²) in [6.07, 6.45) is 0.860. The predicted molar refractivity (Wildman–Crippen MR) is 103 cm³/mol. The fourth-order valence-electron chi connectivity index (χ4n) is 3.44. The molecule has 1 aliphatic rings. The molecule has 1 N–H and O–H groups in total. The summed E-state index contributed by atoms with van der Waals surface area (Å²) in [6, 6.07) is 15.2. The second-order valence-electron chi connectivity index (χ2n) is 7.29. The number of hydrogen-bond donors (Lipinski definition) is 1. The molecule has 0 unspecified atom stereocenters. The highest BCUT2D eigenvalue weighted by molar-refractivity contribution is 5.98. The zero-order valence-corrected chi connectivity index (χ0v) is 15.7. The van der Waals surface area contributed by atoms with Crippen molar-refractivity contribution in [2.24, 2.45) is 5.92 Å². The third-order valence-corrected chi connectivity index (χ3v) is 5.05. The highest BCUT2D eigenvalue weighted by Crippen LogP contribution is 2.20. The van der Waals surface area contributed by atoms with Crippen molar-refractivity contribution in [3.63, 3.8) is 0 Å². The highest BCUT2D eigenvalue weighted by Gasteiger charge is 2.30. The van der Waals surface area contributed by atoms with Crippen LogP contribution in [0.5, 0.6) is 0 Å². The number of fused-ring (bicyclic) bond motifs is 1. The van der Waals surface area contributed by atoms with E-state index in [4.69, 9.17) is 0 Å². The maximum atomic E-state index is 13.1. The van der Waals surface area contributed by atoms with Gasteiger partial charge in [0.15, 0.2) is 0 Å². The average Bonchev–Trinajstić information content (AvgIpc) is 2.65. The Bertz CT molecular complexity index is 813. The zero-order valence-electron chi connectivity index (χ0n) is 15.7. The van der Waals surface area contributed by atoms with Crippen LogP contribution >= 0.6 is 0 Å². The van der Waals surface area contributed by atoms with Crippen molar-refractivity contribution < 1.29 is 9.59 Å². The Morgan fingerprint density at radius 1 is 1.00 bits per heavy atom. The Labute approximate surface area is 155 Å². The molecular formula is C22H26N2O2. The van der Waals surface area contributed by atoms with Gasteiger partial charge in [0.05, 0.1) is 0 Å². The molecule has 26 heavy (non-hydrogen) atoms. The normalized spacial score (nSPS) is 14.7. The van der Waals surface area contributed by atoms with Crippen molar-refractivity contribution in [3.8, 4) is 0 Å². The summed E-state index contributed by atoms with van der Waals surface area (Å²) in [5.74, 6) is -0.170. The molecule has 0 saturated carbocycles. The van der Waals surface area contributed by atoms with E-state index in [9.17, 15) is 9.59 Å². The second-order valence-corrected chi connectivity index (χ2v) is 7.29. The standard InChI is InChI=1S/C22H26N2O2/c1-15(2)20(23-21(25)19-11-7-4-8-16(19)3)22(26)24-13-12-17-9-5-6-10-18(17)14-24/h4-11,15,20H,12-14H2,1-3H3,(H,23,25)/t20-/m0/s1. The van der Waals surface area contributed by atoms with Crippen molar-refractivity contribution in [1.29, 1.82) is 0 Å². The first kappa shape index (κ1) is 18.2. The van der Waals surface area contributed by atoms with Gasteiger partial charge in [0.2, 0.25) is 5.91 Å². The van der Waals surface area contributed by atoms with E-state index in [1.54, 1.807) is 6.07 Å². The van der Waals surface area contributed by atoms with Crippen LogP contribution in [0.2, 0.25) is 0 Å². The number of nitrogens with one attached hydrogen (secondary N) is 1. The first-order chi connectivity index (χ1) is 12.5. The third-order valence-electron chi connectivity index (χ3n) is 5.05. The number of carbonyl (C=O) groups excluding carboxylic acids is 2. The average molecular weight is 350 g/mol. The monoisotopic (exact) mass is 350 g/mol. The molecule has 0 spiro atoms. The maximum Gasteiger partial charge on any atom is 0.252 e. The van der Waals surface area contributed by atoms with Gasteiger partial charge in [-0.15, -0.1) is 0 Å². The van der Waals surface area contributed by atoms with E-state index in [0.717, 1.165) is 12.0 Å². The summed E-state index contributed by atoms with van der Waals surface area (Å²) in [7, 11) is 0. The van der Waals surface area contributed by atoms with Crippen molar-refractivity contribution in [2.75, 3.05) is 6.54 Å². The molecule has 136 valence electrons. The fraction of sp³-hybridized carbons (Fsp3) is 0.364. The van der Waals surface area contributed by atoms with Gasteiger partial charge in [-0.1, -0.05) is 56.3 Å². The number of nitrogens with zero attached hydrogens (tertiary/aromatic N) is 1. The van der Waals surface area contributed by atoms with Crippen LogP contribution in [0.15, 0.2) is 48.5 Å². The van der Waals surface area contributed by atoms with Crippen LogP contribution < -0.4 is 5.32 Å². The highest BCUT2D eigenvalue weighted by atomic mass is 16.2. The molecule has 0 bridgehead atoms. The molecule has 1 atom stereocenters. The number of rotatable bonds is 4. The quantitative estimate of drug-likeness (QED) is 0.919. The van der Waals surface area contributed by atoms with Gasteiger partial charge in [0, 0.05) is 18.7 Å². The predicted octanol–water partition coefficient (Wildman–Crippen LogP) is 3.33. The zero-order chi connectivity index (χ0) is 18.7. The lowest BCUT2D eigenvalue weighted by atomic mass is 9.97. The Morgan fingerprint density at radius 3 is 2.35 bits per heavy atom. The van der Waals surface area contributed by atoms with Gasteiger partial charge >= 0.3 is 0 Å². The molecular weight excluding hydrogens is 324 g/mol. The minimum atomic E-state index is -0.521. The smallest absolute Gasteiger partial charge is 0.252 e. The van der Waals surface area contributed by atoms with Gasteiger partial charge in [-0.3, -0.25) is 9.59 Å². The van der Waals surface area contributed by atoms with E-state index in [1.165, 1.54) is 11.1 Å². The first-order valence-corrected chi connectivity index (χ1v) is 9.19. The summed E-state index contributed by atoms with van der Waals surface area (Å²) >= 11 is 0. The molecule has 0 saturated heterocycles. The van der Waals surface area contributed by atoms with Crippen LogP contribution in [-0.4, -0.2) is 29.3 Å². The Hall–Kier alpha value is -2.62. The molecule has 0 aromatic heterocycles. The number of benzene rings is 2. The lowest BCUT2D eigenvalue weighted by Crippen LogP contribution is -2.52. The van der Waals surface area contributed by atoms with Crippen LogP contribution in [0.4, 0.5) is 0 Å². The molecule has 2 aromatic rings. The van der Waals surface area contributed by atoms with Crippen molar-refractivity contribution in [2.45, 2.75) is 39.8 Å². The molecule has 4 nitrogen and oxygen atoms in total. The summed E-state index contributed by atoms with van der Waals surface area (Å²) in [5.41, 5.74) is 4.03. The third kappa shape index (κ3) is 3.79. The molecule has 4 heteroatoms. The van der Waals surface area contributed by atoms with Crippen molar-refractivity contribution >= 4 is 11.8 Å². The molecule has 0 aliphatic carbocycles. The van der Waals surface area contributed by atoms with E-state index in [0.29, 0.717) is 18.7 Å². The topological polar surface area (TPSA) is 49.4 Å². The van der Waals surface area contributed by atoms with Crippen LogP contribution in [0.3, 0.4) is 0 Å². The molecule has 1 aliphatic heterocycles. The van der Waals surface area contributed by atoms with Gasteiger partial charge in [-0.2, -0.15) is 0 Å². The van der Waals surface area contributed by atoms with Crippen LogP contribution in [0, 0.1) is 12.8 Å². The van der Waals surface area contributed by atoms with Crippen molar-refractivity contribution in [3.05, 3.63) is 70.8 Å². The van der Waals surface area contributed by atoms with E-state index in [1.807, 2.05) is 56.0 Å². The Morgan fingerprint density at radius 2 is 1.65 bits per heavy atom. The van der Waals surface area contributed by atoms with E-state index in [-0.39, 0.29) is 17.7 Å². The van der Waals surface area contributed by atoms with E-state index in [2.05, 4.69) is 17.4 Å². The summed E-state index contributed by atoms with van der Waals surface area (Å²) in [5, 5.41) is 2.96. The van der Waals surface area contributed by atoms with Crippen molar-refractivity contribution in [1.82, 2.24) is 10.2 Å². The SMILES string of the molecule is Cc1ccccc1C(=O)N[C@H](C(=O)N1CCc2ccccc2C1)C(C)C. The van der Waals surface area contributed by atoms with Gasteiger partial charge in [-0.05, 0) is 42.0 Å². The van der Waals surface area contributed by atoms with Crippen LogP contribution in [0.25, 0.3) is 0 Å². The molecule has 2 aromatic carbocycles. The van der Waals surface area contributed by atoms with Gasteiger partial charge in [0.1, 0.15) is 6.04 Å². The van der Waals surface area contributed by atoms with Crippen LogP contribution in [0.1, 0.15) is 40.9 Å². The summed E-state index contributed by atoms with van der Waals surface area (Å²) in [4.78, 5) is 27.7. The Kier molecular flexibility index (Phi) is 5.40. The Balaban J connectivity index is 1.75. The first-order valence-electron chi connectivity index (χ1n) is 9.19.